The van der Waals surface area contributed by atoms with Crippen LogP contribution in [0.5, 0.6) is 0 Å². The van der Waals surface area contributed by atoms with Crippen LogP contribution in [0.25, 0.3) is 0 Å². The molecule has 1 aliphatic heterocycles. The fourth-order valence-electron chi connectivity index (χ4n) is 6.26. The van der Waals surface area contributed by atoms with Crippen LogP contribution in [0, 0.1) is 0 Å². The van der Waals surface area contributed by atoms with Crippen molar-refractivity contribution in [3.63, 3.8) is 0 Å². The van der Waals surface area contributed by atoms with Gasteiger partial charge in [-0.15, -0.1) is 0 Å². The van der Waals surface area contributed by atoms with Crippen LogP contribution in [-0.4, -0.2) is 62.3 Å². The fraction of sp³-hybridized carbons (Fsp3) is 0.463. The zero-order valence-electron chi connectivity index (χ0n) is 32.3. The molecule has 1 fully saturated rings. The molecule has 2 N–H and O–H groups in total. The smallest absolute Gasteiger partial charge is 0.330 e. The molecule has 0 spiro atoms. The van der Waals surface area contributed by atoms with Crippen molar-refractivity contribution in [3.05, 3.63) is 141 Å². The second-order valence-corrected chi connectivity index (χ2v) is 26.5. The Hall–Kier alpha value is -3.43. The number of nitrogens with one attached hydrogen (secondary N) is 1. The molecular formula is C41H56N2O7Si2. The number of ether oxygens (including phenoxy) is 2. The summed E-state index contributed by atoms with van der Waals surface area (Å²) in [6, 6.07) is 31.3. The molecule has 52 heavy (non-hydrogen) atoms. The first-order chi connectivity index (χ1) is 24.3. The zero-order valence-corrected chi connectivity index (χ0v) is 34.3. The monoisotopic (exact) mass is 744 g/mol. The first-order valence-corrected chi connectivity index (χ1v) is 23.9. The summed E-state index contributed by atoms with van der Waals surface area (Å²) in [7, 11) is -5.20. The topological polar surface area (TPSA) is 112 Å². The van der Waals surface area contributed by atoms with E-state index in [1.165, 1.54) is 16.8 Å². The summed E-state index contributed by atoms with van der Waals surface area (Å²) in [4.78, 5) is 28.1. The molecule has 5 rings (SSSR count). The lowest BCUT2D eigenvalue weighted by Gasteiger charge is -2.46. The van der Waals surface area contributed by atoms with E-state index in [2.05, 4.69) is 72.7 Å². The predicted octanol–water partition coefficient (Wildman–Crippen LogP) is 7.59. The Balaban J connectivity index is 1.75. The number of aliphatic hydroxyl groups excluding tert-OH is 1. The van der Waals surface area contributed by atoms with Crippen molar-refractivity contribution in [3.8, 4) is 0 Å². The third-order valence-electron chi connectivity index (χ3n) is 11.4. The molecule has 0 amide bonds. The number of rotatable bonds is 12. The Morgan fingerprint density at radius 3 is 1.58 bits per heavy atom. The van der Waals surface area contributed by atoms with Crippen LogP contribution in [0.15, 0.2) is 113 Å². The third-order valence-corrected chi connectivity index (χ3v) is 20.3. The van der Waals surface area contributed by atoms with Crippen LogP contribution < -0.4 is 11.2 Å². The normalized spacial score (nSPS) is 21.7. The van der Waals surface area contributed by atoms with Crippen molar-refractivity contribution >= 4 is 16.6 Å². The minimum atomic E-state index is -2.61. The molecule has 2 heterocycles. The Morgan fingerprint density at radius 2 is 1.17 bits per heavy atom. The van der Waals surface area contributed by atoms with Crippen LogP contribution in [0.1, 0.15) is 64.5 Å². The summed E-state index contributed by atoms with van der Waals surface area (Å²) in [6.45, 7) is 20.9. The van der Waals surface area contributed by atoms with Gasteiger partial charge in [-0.2, -0.15) is 0 Å². The predicted molar refractivity (Wildman–Crippen MR) is 211 cm³/mol. The maximum Gasteiger partial charge on any atom is 0.330 e. The molecule has 0 aliphatic carbocycles. The first kappa shape index (κ1) is 39.8. The van der Waals surface area contributed by atoms with E-state index in [0.717, 1.165) is 16.7 Å². The molecule has 1 aromatic heterocycles. The summed E-state index contributed by atoms with van der Waals surface area (Å²) >= 11 is 0. The summed E-state index contributed by atoms with van der Waals surface area (Å²) in [5.41, 5.74) is -1.13. The molecule has 4 atom stereocenters. The Bertz CT molecular complexity index is 1800. The van der Waals surface area contributed by atoms with Gasteiger partial charge in [0.25, 0.3) is 5.56 Å². The van der Waals surface area contributed by atoms with Gasteiger partial charge < -0.3 is 23.4 Å². The number of hydrogen-bond donors (Lipinski definition) is 2. The summed E-state index contributed by atoms with van der Waals surface area (Å²) < 4.78 is 30.2. The molecule has 280 valence electrons. The molecule has 4 aromatic rings. The molecule has 9 nitrogen and oxygen atoms in total. The average molecular weight is 745 g/mol. The number of H-pyrrole nitrogens is 1. The van der Waals surface area contributed by atoms with E-state index in [9.17, 15) is 14.7 Å². The molecular weight excluding hydrogens is 689 g/mol. The van der Waals surface area contributed by atoms with Gasteiger partial charge in [0.05, 0.1) is 13.2 Å². The minimum Gasteiger partial charge on any atom is -0.408 e. The molecule has 11 heteroatoms. The number of aromatic amines is 1. The molecule has 0 radical (unpaired) electrons. The highest BCUT2D eigenvalue weighted by Crippen LogP contribution is 2.50. The van der Waals surface area contributed by atoms with Crippen LogP contribution in [0.3, 0.4) is 0 Å². The first-order valence-electron chi connectivity index (χ1n) is 18.0. The van der Waals surface area contributed by atoms with Gasteiger partial charge in [0.1, 0.15) is 23.4 Å². The minimum absolute atomic E-state index is 0.132. The Kier molecular flexibility index (Phi) is 11.3. The van der Waals surface area contributed by atoms with Gasteiger partial charge in [0.2, 0.25) is 0 Å². The fourth-order valence-corrected chi connectivity index (χ4v) is 8.87. The van der Waals surface area contributed by atoms with Gasteiger partial charge in [-0.1, -0.05) is 133 Å². The van der Waals surface area contributed by atoms with E-state index in [1.807, 2.05) is 91.0 Å². The summed E-state index contributed by atoms with van der Waals surface area (Å²) in [5.74, 6) is 0. The van der Waals surface area contributed by atoms with Crippen molar-refractivity contribution in [1.29, 1.82) is 0 Å². The maximum atomic E-state index is 13.5. The second kappa shape index (κ2) is 14.8. The molecule has 1 aliphatic rings. The van der Waals surface area contributed by atoms with E-state index >= 15 is 0 Å². The number of nitrogens with zero attached hydrogens (tertiary/aromatic N) is 1. The third kappa shape index (κ3) is 7.63. The van der Waals surface area contributed by atoms with E-state index in [-0.39, 0.29) is 16.7 Å². The number of benzene rings is 3. The molecule has 0 unspecified atom stereocenters. The Morgan fingerprint density at radius 1 is 0.731 bits per heavy atom. The van der Waals surface area contributed by atoms with Gasteiger partial charge in [0, 0.05) is 12.3 Å². The van der Waals surface area contributed by atoms with Crippen molar-refractivity contribution in [2.75, 3.05) is 13.2 Å². The van der Waals surface area contributed by atoms with Gasteiger partial charge in [-0.3, -0.25) is 14.3 Å². The standard InChI is InChI=1S/C41H56N2O7Si2/c1-38(2,3)51(7,8)49-34-35(50-52(9,10)39(4,5)6)40(28-44,48-36(34)43-27-26-33(45)42-37(43)46)29-47-41(30-20-14-11-15-21-30,31-22-16-12-17-23-31)32-24-18-13-19-25-32/h11-27,34-36,44H,28-29H2,1-10H3,(H,42,45,46)/t34-,35+,36-,40+/m1/s1. The van der Waals surface area contributed by atoms with Crippen LogP contribution >= 0.6 is 0 Å². The second-order valence-electron chi connectivity index (χ2n) is 17.0. The highest BCUT2D eigenvalue weighted by molar-refractivity contribution is 6.74. The van der Waals surface area contributed by atoms with Crippen molar-refractivity contribution in [2.45, 2.75) is 107 Å². The van der Waals surface area contributed by atoms with E-state index < -0.39 is 64.1 Å². The van der Waals surface area contributed by atoms with Crippen LogP contribution in [0.4, 0.5) is 0 Å². The maximum absolute atomic E-state index is 13.5. The number of aliphatic hydroxyl groups is 1. The van der Waals surface area contributed by atoms with Crippen molar-refractivity contribution in [2.24, 2.45) is 0 Å². The highest BCUT2D eigenvalue weighted by atomic mass is 28.4. The van der Waals surface area contributed by atoms with E-state index in [1.54, 1.807) is 0 Å². The van der Waals surface area contributed by atoms with Gasteiger partial charge in [-0.05, 0) is 53.0 Å². The lowest BCUT2D eigenvalue weighted by molar-refractivity contribution is -0.176. The number of hydrogen-bond acceptors (Lipinski definition) is 7. The van der Waals surface area contributed by atoms with Crippen molar-refractivity contribution < 1.29 is 23.4 Å². The SMILES string of the molecule is CC(C)(C)[Si](C)(C)O[C@H]1[C@H](n2ccc(=O)[nH]c2=O)O[C@@](CO)(COC(c2ccccc2)(c2ccccc2)c2ccccc2)[C@H]1O[Si](C)(C)C(C)(C)C. The molecule has 0 saturated carbocycles. The molecule has 3 aromatic carbocycles. The van der Waals surface area contributed by atoms with Gasteiger partial charge in [-0.25, -0.2) is 4.79 Å². The Labute approximate surface area is 310 Å². The largest absolute Gasteiger partial charge is 0.408 e. The summed E-state index contributed by atoms with van der Waals surface area (Å²) in [5, 5.41) is 11.3. The average Bonchev–Trinajstić information content (AvgIpc) is 3.37. The van der Waals surface area contributed by atoms with Gasteiger partial charge >= 0.3 is 5.69 Å². The van der Waals surface area contributed by atoms with Gasteiger partial charge in [0.15, 0.2) is 22.9 Å². The number of aromatic nitrogens is 2. The highest BCUT2D eigenvalue weighted by Gasteiger charge is 2.62. The van der Waals surface area contributed by atoms with E-state index in [4.69, 9.17) is 18.3 Å². The molecule has 0 bridgehead atoms. The lowest BCUT2D eigenvalue weighted by Crippen LogP contribution is -2.60. The van der Waals surface area contributed by atoms with Crippen LogP contribution in [0.2, 0.25) is 36.3 Å². The van der Waals surface area contributed by atoms with E-state index in [0.29, 0.717) is 0 Å². The van der Waals surface area contributed by atoms with Crippen molar-refractivity contribution in [1.82, 2.24) is 9.55 Å². The van der Waals surface area contributed by atoms with Crippen LogP contribution in [-0.2, 0) is 23.9 Å². The lowest BCUT2D eigenvalue weighted by atomic mass is 9.80. The quantitative estimate of drug-likeness (QED) is 0.114. The zero-order chi connectivity index (χ0) is 38.2. The molecule has 1 saturated heterocycles. The summed E-state index contributed by atoms with van der Waals surface area (Å²) in [6.07, 6.45) is -1.33.